The van der Waals surface area contributed by atoms with Crippen molar-refractivity contribution < 1.29 is 19.1 Å². The first-order chi connectivity index (χ1) is 15.4. The molecule has 0 aliphatic carbocycles. The summed E-state index contributed by atoms with van der Waals surface area (Å²) in [5, 5.41) is 6.07. The number of nitrogens with one attached hydrogen (secondary N) is 2. The Hall–Kier alpha value is -3.00. The van der Waals surface area contributed by atoms with E-state index in [-0.39, 0.29) is 12.5 Å². The van der Waals surface area contributed by atoms with Gasteiger partial charge in [0.2, 0.25) is 6.79 Å². The van der Waals surface area contributed by atoms with Crippen LogP contribution in [0.15, 0.2) is 70.8 Å². The Morgan fingerprint density at radius 2 is 1.72 bits per heavy atom. The molecule has 0 aromatic heterocycles. The summed E-state index contributed by atoms with van der Waals surface area (Å²) in [6, 6.07) is 16.8. The fourth-order valence-electron chi connectivity index (χ4n) is 2.94. The summed E-state index contributed by atoms with van der Waals surface area (Å²) in [5.41, 5.74) is 1.47. The highest BCUT2D eigenvalue weighted by Gasteiger charge is 2.18. The van der Waals surface area contributed by atoms with Crippen molar-refractivity contribution in [1.29, 1.82) is 0 Å². The van der Waals surface area contributed by atoms with Crippen LogP contribution in [-0.2, 0) is 4.79 Å². The molecule has 0 radical (unpaired) electrons. The number of benzene rings is 3. The molecular formula is C23H15BrCl2N2O4. The van der Waals surface area contributed by atoms with Crippen LogP contribution in [0.1, 0.15) is 15.9 Å². The van der Waals surface area contributed by atoms with Gasteiger partial charge in [-0.25, -0.2) is 0 Å². The highest BCUT2D eigenvalue weighted by atomic mass is 79.9. The number of fused-ring (bicyclic) bond motifs is 1. The Morgan fingerprint density at radius 1 is 0.938 bits per heavy atom. The molecule has 162 valence electrons. The van der Waals surface area contributed by atoms with Crippen LogP contribution in [0.4, 0.5) is 5.69 Å². The lowest BCUT2D eigenvalue weighted by atomic mass is 10.1. The molecule has 0 atom stereocenters. The molecule has 0 saturated carbocycles. The van der Waals surface area contributed by atoms with E-state index in [1.165, 1.54) is 6.07 Å². The number of carbonyl (C=O) groups excluding carboxylic acids is 2. The third-order valence-electron chi connectivity index (χ3n) is 4.50. The number of amides is 2. The minimum atomic E-state index is -0.540. The SMILES string of the molecule is O=C(Nc1ccc(Cl)c(Cl)c1)C(=Cc1ccc2c(c1)OCO2)NC(=O)c1ccccc1Br. The van der Waals surface area contributed by atoms with E-state index < -0.39 is 11.8 Å². The molecule has 3 aromatic rings. The molecule has 1 aliphatic rings. The van der Waals surface area contributed by atoms with Crippen molar-refractivity contribution in [2.75, 3.05) is 12.1 Å². The maximum absolute atomic E-state index is 13.1. The van der Waals surface area contributed by atoms with Gasteiger partial charge in [0.15, 0.2) is 11.5 Å². The minimum absolute atomic E-state index is 0.0238. The Bertz CT molecular complexity index is 1250. The number of hydrogen-bond donors (Lipinski definition) is 2. The van der Waals surface area contributed by atoms with Crippen LogP contribution < -0.4 is 20.1 Å². The van der Waals surface area contributed by atoms with Gasteiger partial charge in [0.25, 0.3) is 11.8 Å². The van der Waals surface area contributed by atoms with E-state index in [0.29, 0.717) is 42.8 Å². The van der Waals surface area contributed by atoms with E-state index in [2.05, 4.69) is 26.6 Å². The van der Waals surface area contributed by atoms with Gasteiger partial charge in [-0.2, -0.15) is 0 Å². The standard InChI is InChI=1S/C23H15BrCl2N2O4/c24-16-4-2-1-3-15(16)22(29)28-19(9-13-5-8-20-21(10-13)32-12-31-20)23(30)27-14-6-7-17(25)18(26)11-14/h1-11H,12H2,(H,27,30)(H,28,29). The Labute approximate surface area is 202 Å². The second kappa shape index (κ2) is 9.65. The topological polar surface area (TPSA) is 76.7 Å². The predicted octanol–water partition coefficient (Wildman–Crippen LogP) is 5.89. The van der Waals surface area contributed by atoms with E-state index in [0.717, 1.165) is 0 Å². The number of ether oxygens (including phenoxy) is 2. The summed E-state index contributed by atoms with van der Waals surface area (Å²) >= 11 is 15.3. The molecule has 9 heteroatoms. The average molecular weight is 534 g/mol. The summed E-state index contributed by atoms with van der Waals surface area (Å²) in [5.74, 6) is 0.177. The summed E-state index contributed by atoms with van der Waals surface area (Å²) in [6.07, 6.45) is 1.55. The predicted molar refractivity (Wildman–Crippen MR) is 127 cm³/mol. The van der Waals surface area contributed by atoms with Crippen LogP contribution in [0, 0.1) is 0 Å². The maximum atomic E-state index is 13.1. The molecule has 0 spiro atoms. The van der Waals surface area contributed by atoms with Gasteiger partial charge in [-0.05, 0) is 70.0 Å². The zero-order valence-electron chi connectivity index (χ0n) is 16.3. The Balaban J connectivity index is 1.65. The van der Waals surface area contributed by atoms with Crippen molar-refractivity contribution in [1.82, 2.24) is 5.32 Å². The van der Waals surface area contributed by atoms with Gasteiger partial charge in [0.1, 0.15) is 5.70 Å². The molecule has 1 heterocycles. The largest absolute Gasteiger partial charge is 0.454 e. The monoisotopic (exact) mass is 532 g/mol. The van der Waals surface area contributed by atoms with Crippen molar-refractivity contribution in [3.05, 3.63) is 92.0 Å². The fourth-order valence-corrected chi connectivity index (χ4v) is 3.70. The third kappa shape index (κ3) is 5.07. The van der Waals surface area contributed by atoms with Gasteiger partial charge < -0.3 is 20.1 Å². The van der Waals surface area contributed by atoms with Gasteiger partial charge in [0.05, 0.1) is 15.6 Å². The van der Waals surface area contributed by atoms with Crippen LogP contribution in [-0.4, -0.2) is 18.6 Å². The van der Waals surface area contributed by atoms with Crippen LogP contribution in [0.5, 0.6) is 11.5 Å². The molecule has 0 bridgehead atoms. The highest BCUT2D eigenvalue weighted by Crippen LogP contribution is 2.33. The average Bonchev–Trinajstić information content (AvgIpc) is 3.24. The number of hydrogen-bond acceptors (Lipinski definition) is 4. The van der Waals surface area contributed by atoms with Gasteiger partial charge >= 0.3 is 0 Å². The fraction of sp³-hybridized carbons (Fsp3) is 0.0435. The molecule has 2 N–H and O–H groups in total. The lowest BCUT2D eigenvalue weighted by molar-refractivity contribution is -0.113. The second-order valence-corrected chi connectivity index (χ2v) is 8.36. The molecule has 1 aliphatic heterocycles. The van der Waals surface area contributed by atoms with Gasteiger partial charge in [-0.3, -0.25) is 9.59 Å². The van der Waals surface area contributed by atoms with Crippen molar-refractivity contribution in [2.45, 2.75) is 0 Å². The van der Waals surface area contributed by atoms with Crippen molar-refractivity contribution in [2.24, 2.45) is 0 Å². The molecule has 0 saturated heterocycles. The molecule has 2 amide bonds. The third-order valence-corrected chi connectivity index (χ3v) is 5.93. The number of carbonyl (C=O) groups is 2. The van der Waals surface area contributed by atoms with Gasteiger partial charge in [0, 0.05) is 10.2 Å². The summed E-state index contributed by atoms with van der Waals surface area (Å²) in [6.45, 7) is 0.131. The van der Waals surface area contributed by atoms with Crippen LogP contribution in [0.2, 0.25) is 10.0 Å². The zero-order valence-corrected chi connectivity index (χ0v) is 19.4. The van der Waals surface area contributed by atoms with Gasteiger partial charge in [-0.15, -0.1) is 0 Å². The summed E-state index contributed by atoms with van der Waals surface area (Å²) in [7, 11) is 0. The van der Waals surface area contributed by atoms with Crippen LogP contribution in [0.25, 0.3) is 6.08 Å². The first-order valence-electron chi connectivity index (χ1n) is 9.34. The van der Waals surface area contributed by atoms with Crippen molar-refractivity contribution in [3.8, 4) is 11.5 Å². The van der Waals surface area contributed by atoms with E-state index in [4.69, 9.17) is 32.7 Å². The molecule has 6 nitrogen and oxygen atoms in total. The number of rotatable bonds is 5. The quantitative estimate of drug-likeness (QED) is 0.401. The zero-order chi connectivity index (χ0) is 22.7. The van der Waals surface area contributed by atoms with E-state index >= 15 is 0 Å². The van der Waals surface area contributed by atoms with Crippen LogP contribution in [0.3, 0.4) is 0 Å². The highest BCUT2D eigenvalue weighted by molar-refractivity contribution is 9.10. The molecule has 0 unspecified atom stereocenters. The number of anilines is 1. The number of halogens is 3. The van der Waals surface area contributed by atoms with Gasteiger partial charge in [-0.1, -0.05) is 41.4 Å². The molecule has 32 heavy (non-hydrogen) atoms. The normalized spacial score (nSPS) is 12.4. The molecular weight excluding hydrogens is 519 g/mol. The van der Waals surface area contributed by atoms with Crippen molar-refractivity contribution in [3.63, 3.8) is 0 Å². The molecule has 0 fully saturated rings. The second-order valence-electron chi connectivity index (χ2n) is 6.69. The van der Waals surface area contributed by atoms with Crippen LogP contribution >= 0.6 is 39.1 Å². The lowest BCUT2D eigenvalue weighted by Crippen LogP contribution is -2.31. The lowest BCUT2D eigenvalue weighted by Gasteiger charge is -2.12. The van der Waals surface area contributed by atoms with E-state index in [9.17, 15) is 9.59 Å². The molecule has 3 aromatic carbocycles. The first kappa shape index (κ1) is 22.2. The Morgan fingerprint density at radius 3 is 2.50 bits per heavy atom. The summed E-state index contributed by atoms with van der Waals surface area (Å²) < 4.78 is 11.3. The smallest absolute Gasteiger partial charge is 0.272 e. The first-order valence-corrected chi connectivity index (χ1v) is 10.9. The van der Waals surface area contributed by atoms with Crippen molar-refractivity contribution >= 4 is 62.7 Å². The summed E-state index contributed by atoms with van der Waals surface area (Å²) in [4.78, 5) is 25.9. The minimum Gasteiger partial charge on any atom is -0.454 e. The maximum Gasteiger partial charge on any atom is 0.272 e. The molecule has 4 rings (SSSR count). The van der Waals surface area contributed by atoms with E-state index in [1.54, 1.807) is 60.7 Å². The Kier molecular flexibility index (Phi) is 6.69. The van der Waals surface area contributed by atoms with E-state index in [1.807, 2.05) is 0 Å².